The highest BCUT2D eigenvalue weighted by Gasteiger charge is 2.41. The number of piperidine rings is 1. The largest absolute Gasteiger partial charge is 0.350 e. The lowest BCUT2D eigenvalue weighted by atomic mass is 9.87. The summed E-state index contributed by atoms with van der Waals surface area (Å²) in [5.74, 6) is 0.576. The molecular weight excluding hydrogens is 300 g/mol. The molecule has 0 radical (unpaired) electrons. The SMILES string of the molecule is CC(C)c1ccc(CNC(=O)C2(n3cccn3)CCNCC2)cc1. The third-order valence-corrected chi connectivity index (χ3v) is 4.90. The van der Waals surface area contributed by atoms with Crippen LogP contribution in [0.25, 0.3) is 0 Å². The van der Waals surface area contributed by atoms with E-state index in [-0.39, 0.29) is 5.91 Å². The van der Waals surface area contributed by atoms with Crippen LogP contribution in [0, 0.1) is 0 Å². The van der Waals surface area contributed by atoms with Crippen molar-refractivity contribution in [2.45, 2.75) is 44.7 Å². The van der Waals surface area contributed by atoms with Gasteiger partial charge in [-0.05, 0) is 49.0 Å². The monoisotopic (exact) mass is 326 g/mol. The van der Waals surface area contributed by atoms with Crippen LogP contribution < -0.4 is 10.6 Å². The van der Waals surface area contributed by atoms with Crippen LogP contribution in [-0.2, 0) is 16.9 Å². The van der Waals surface area contributed by atoms with Gasteiger partial charge in [0.2, 0.25) is 5.91 Å². The smallest absolute Gasteiger partial charge is 0.248 e. The van der Waals surface area contributed by atoms with Gasteiger partial charge in [0.25, 0.3) is 0 Å². The summed E-state index contributed by atoms with van der Waals surface area (Å²) in [6.07, 6.45) is 5.14. The zero-order valence-electron chi connectivity index (χ0n) is 14.5. The van der Waals surface area contributed by atoms with Gasteiger partial charge in [-0.25, -0.2) is 0 Å². The molecule has 1 fully saturated rings. The molecule has 0 unspecified atom stereocenters. The summed E-state index contributed by atoms with van der Waals surface area (Å²) >= 11 is 0. The molecule has 1 saturated heterocycles. The maximum absolute atomic E-state index is 13.0. The third kappa shape index (κ3) is 3.36. The Kier molecular flexibility index (Phi) is 5.00. The Hall–Kier alpha value is -2.14. The first-order valence-electron chi connectivity index (χ1n) is 8.70. The summed E-state index contributed by atoms with van der Waals surface area (Å²) in [5, 5.41) is 10.8. The lowest BCUT2D eigenvalue weighted by molar-refractivity contribution is -0.132. The number of benzene rings is 1. The van der Waals surface area contributed by atoms with Gasteiger partial charge in [-0.15, -0.1) is 0 Å². The lowest BCUT2D eigenvalue weighted by Gasteiger charge is -2.36. The molecule has 24 heavy (non-hydrogen) atoms. The molecule has 2 aromatic rings. The molecule has 2 heterocycles. The summed E-state index contributed by atoms with van der Waals surface area (Å²) in [6.45, 7) is 6.57. The topological polar surface area (TPSA) is 59.0 Å². The third-order valence-electron chi connectivity index (χ3n) is 4.90. The van der Waals surface area contributed by atoms with Crippen LogP contribution in [0.5, 0.6) is 0 Å². The van der Waals surface area contributed by atoms with Gasteiger partial charge in [0.15, 0.2) is 0 Å². The molecule has 5 heteroatoms. The molecule has 1 amide bonds. The molecular formula is C19H26N4O. The fourth-order valence-corrected chi connectivity index (χ4v) is 3.29. The van der Waals surface area contributed by atoms with Gasteiger partial charge in [-0.1, -0.05) is 38.1 Å². The van der Waals surface area contributed by atoms with Gasteiger partial charge >= 0.3 is 0 Å². The molecule has 3 rings (SSSR count). The summed E-state index contributed by atoms with van der Waals surface area (Å²) < 4.78 is 1.82. The molecule has 1 aliphatic heterocycles. The average molecular weight is 326 g/mol. The maximum Gasteiger partial charge on any atom is 0.248 e. The Balaban J connectivity index is 1.70. The van der Waals surface area contributed by atoms with Crippen LogP contribution in [0.1, 0.15) is 43.7 Å². The van der Waals surface area contributed by atoms with Crippen molar-refractivity contribution < 1.29 is 4.79 Å². The van der Waals surface area contributed by atoms with E-state index in [1.54, 1.807) is 6.20 Å². The number of amides is 1. The number of nitrogens with zero attached hydrogens (tertiary/aromatic N) is 2. The second-order valence-electron chi connectivity index (χ2n) is 6.81. The highest BCUT2D eigenvalue weighted by Crippen LogP contribution is 2.27. The van der Waals surface area contributed by atoms with Gasteiger partial charge in [0, 0.05) is 18.9 Å². The van der Waals surface area contributed by atoms with Crippen molar-refractivity contribution in [3.63, 3.8) is 0 Å². The Labute approximate surface area is 143 Å². The van der Waals surface area contributed by atoms with Crippen molar-refractivity contribution >= 4 is 5.91 Å². The van der Waals surface area contributed by atoms with E-state index in [1.165, 1.54) is 5.56 Å². The van der Waals surface area contributed by atoms with Crippen molar-refractivity contribution in [2.24, 2.45) is 0 Å². The molecule has 128 valence electrons. The zero-order chi connectivity index (χ0) is 17.0. The van der Waals surface area contributed by atoms with Gasteiger partial charge < -0.3 is 10.6 Å². The average Bonchev–Trinajstić information content (AvgIpc) is 3.15. The summed E-state index contributed by atoms with van der Waals surface area (Å²) in [7, 11) is 0. The van der Waals surface area contributed by atoms with Crippen molar-refractivity contribution in [1.82, 2.24) is 20.4 Å². The molecule has 1 aromatic carbocycles. The quantitative estimate of drug-likeness (QED) is 0.887. The van der Waals surface area contributed by atoms with Crippen molar-refractivity contribution in [2.75, 3.05) is 13.1 Å². The van der Waals surface area contributed by atoms with Crippen LogP contribution in [-0.4, -0.2) is 28.8 Å². The lowest BCUT2D eigenvalue weighted by Crippen LogP contribution is -2.54. The number of aromatic nitrogens is 2. The normalized spacial score (nSPS) is 17.0. The van der Waals surface area contributed by atoms with Gasteiger partial charge in [-0.2, -0.15) is 5.10 Å². The minimum absolute atomic E-state index is 0.0561. The number of hydrogen-bond acceptors (Lipinski definition) is 3. The van der Waals surface area contributed by atoms with E-state index in [4.69, 9.17) is 0 Å². The first kappa shape index (κ1) is 16.7. The molecule has 0 spiro atoms. The summed E-state index contributed by atoms with van der Waals surface area (Å²) in [5.41, 5.74) is 1.86. The molecule has 5 nitrogen and oxygen atoms in total. The Morgan fingerprint density at radius 2 is 2.00 bits per heavy atom. The molecule has 0 atom stereocenters. The first-order chi connectivity index (χ1) is 11.6. The molecule has 1 aliphatic rings. The molecule has 0 bridgehead atoms. The fraction of sp³-hybridized carbons (Fsp3) is 0.474. The number of rotatable bonds is 5. The van der Waals surface area contributed by atoms with E-state index in [2.05, 4.69) is 53.8 Å². The highest BCUT2D eigenvalue weighted by molar-refractivity contribution is 5.84. The van der Waals surface area contributed by atoms with Gasteiger partial charge in [0.05, 0.1) is 0 Å². The van der Waals surface area contributed by atoms with E-state index >= 15 is 0 Å². The number of nitrogens with one attached hydrogen (secondary N) is 2. The molecule has 0 aliphatic carbocycles. The minimum Gasteiger partial charge on any atom is -0.350 e. The predicted molar refractivity (Wildman–Crippen MR) is 94.7 cm³/mol. The van der Waals surface area contributed by atoms with Gasteiger partial charge in [-0.3, -0.25) is 9.48 Å². The van der Waals surface area contributed by atoms with Crippen LogP contribution in [0.15, 0.2) is 42.7 Å². The fourth-order valence-electron chi connectivity index (χ4n) is 3.29. The Morgan fingerprint density at radius 3 is 2.58 bits per heavy atom. The zero-order valence-corrected chi connectivity index (χ0v) is 14.5. The number of carbonyl (C=O) groups is 1. The van der Waals surface area contributed by atoms with Gasteiger partial charge in [0.1, 0.15) is 5.54 Å². The van der Waals surface area contributed by atoms with Crippen molar-refractivity contribution in [3.05, 3.63) is 53.9 Å². The number of hydrogen-bond donors (Lipinski definition) is 2. The predicted octanol–water partition coefficient (Wildman–Crippen LogP) is 2.40. The Morgan fingerprint density at radius 1 is 1.29 bits per heavy atom. The molecule has 2 N–H and O–H groups in total. The van der Waals surface area contributed by atoms with Crippen LogP contribution in [0.2, 0.25) is 0 Å². The molecule has 0 saturated carbocycles. The van der Waals surface area contributed by atoms with Crippen LogP contribution in [0.3, 0.4) is 0 Å². The maximum atomic E-state index is 13.0. The standard InChI is InChI=1S/C19H26N4O/c1-15(2)17-6-4-16(5-7-17)14-21-18(24)19(8-11-20-12-9-19)23-13-3-10-22-23/h3-7,10,13,15,20H,8-9,11-12,14H2,1-2H3,(H,21,24). The van der Waals surface area contributed by atoms with Crippen molar-refractivity contribution in [3.8, 4) is 0 Å². The highest BCUT2D eigenvalue weighted by atomic mass is 16.2. The van der Waals surface area contributed by atoms with E-state index in [9.17, 15) is 4.79 Å². The summed E-state index contributed by atoms with van der Waals surface area (Å²) in [6, 6.07) is 10.3. The number of carbonyl (C=O) groups excluding carboxylic acids is 1. The van der Waals surface area contributed by atoms with Crippen LogP contribution in [0.4, 0.5) is 0 Å². The Bertz CT molecular complexity index is 655. The first-order valence-corrected chi connectivity index (χ1v) is 8.70. The van der Waals surface area contributed by atoms with E-state index in [0.717, 1.165) is 31.5 Å². The second kappa shape index (κ2) is 7.18. The molecule has 1 aromatic heterocycles. The summed E-state index contributed by atoms with van der Waals surface area (Å²) in [4.78, 5) is 13.0. The van der Waals surface area contributed by atoms with Crippen LogP contribution >= 0.6 is 0 Å². The second-order valence-corrected chi connectivity index (χ2v) is 6.81. The van der Waals surface area contributed by atoms with E-state index in [0.29, 0.717) is 12.5 Å². The minimum atomic E-state index is -0.577. The van der Waals surface area contributed by atoms with E-state index < -0.39 is 5.54 Å². The van der Waals surface area contributed by atoms with E-state index in [1.807, 2.05) is 16.9 Å². The van der Waals surface area contributed by atoms with Crippen molar-refractivity contribution in [1.29, 1.82) is 0 Å².